The fourth-order valence-electron chi connectivity index (χ4n) is 1.54. The minimum absolute atomic E-state index is 0.591. The summed E-state index contributed by atoms with van der Waals surface area (Å²) in [5.74, 6) is 1.28. The first-order chi connectivity index (χ1) is 9.17. The number of aromatic nitrogens is 2. The second kappa shape index (κ2) is 6.40. The Balaban J connectivity index is 2.24. The third-order valence-corrected chi connectivity index (χ3v) is 2.84. The SMILES string of the molecule is CSc1nc(Nc2ccccc2)cc(NC(C)O)n1. The number of benzene rings is 1. The van der Waals surface area contributed by atoms with Crippen LogP contribution >= 0.6 is 11.8 Å². The molecule has 0 amide bonds. The smallest absolute Gasteiger partial charge is 0.191 e. The predicted molar refractivity (Wildman–Crippen MR) is 78.8 cm³/mol. The van der Waals surface area contributed by atoms with Crippen molar-refractivity contribution in [3.05, 3.63) is 36.4 Å². The van der Waals surface area contributed by atoms with Crippen molar-refractivity contribution in [2.45, 2.75) is 18.3 Å². The van der Waals surface area contributed by atoms with Crippen molar-refractivity contribution < 1.29 is 5.11 Å². The molecule has 100 valence electrons. The third-order valence-electron chi connectivity index (χ3n) is 2.29. The van der Waals surface area contributed by atoms with Gasteiger partial charge in [-0.3, -0.25) is 0 Å². The molecule has 2 rings (SSSR count). The zero-order valence-electron chi connectivity index (χ0n) is 10.8. The molecule has 3 N–H and O–H groups in total. The van der Waals surface area contributed by atoms with E-state index in [0.29, 0.717) is 16.8 Å². The van der Waals surface area contributed by atoms with Gasteiger partial charge in [-0.1, -0.05) is 30.0 Å². The summed E-state index contributed by atoms with van der Waals surface area (Å²) in [6, 6.07) is 11.5. The van der Waals surface area contributed by atoms with Crippen LogP contribution in [0.4, 0.5) is 17.3 Å². The van der Waals surface area contributed by atoms with Gasteiger partial charge in [-0.15, -0.1) is 0 Å². The van der Waals surface area contributed by atoms with E-state index < -0.39 is 6.23 Å². The lowest BCUT2D eigenvalue weighted by Gasteiger charge is -2.12. The molecule has 0 spiro atoms. The van der Waals surface area contributed by atoms with Gasteiger partial charge in [0.2, 0.25) is 0 Å². The van der Waals surface area contributed by atoms with E-state index in [1.165, 1.54) is 11.8 Å². The van der Waals surface area contributed by atoms with Gasteiger partial charge in [-0.2, -0.15) is 0 Å². The maximum absolute atomic E-state index is 9.35. The number of hydrogen-bond acceptors (Lipinski definition) is 6. The Morgan fingerprint density at radius 3 is 2.47 bits per heavy atom. The number of para-hydroxylation sites is 1. The zero-order valence-corrected chi connectivity index (χ0v) is 11.6. The normalized spacial score (nSPS) is 11.9. The molecule has 19 heavy (non-hydrogen) atoms. The largest absolute Gasteiger partial charge is 0.374 e. The molecule has 1 heterocycles. The van der Waals surface area contributed by atoms with E-state index in [0.717, 1.165) is 5.69 Å². The number of rotatable bonds is 5. The summed E-state index contributed by atoms with van der Waals surface area (Å²) in [6.45, 7) is 1.64. The molecule has 0 saturated heterocycles. The summed E-state index contributed by atoms with van der Waals surface area (Å²) in [5.41, 5.74) is 0.955. The number of aliphatic hydroxyl groups excluding tert-OH is 1. The Kier molecular flexibility index (Phi) is 4.59. The van der Waals surface area contributed by atoms with Crippen molar-refractivity contribution in [2.75, 3.05) is 16.9 Å². The van der Waals surface area contributed by atoms with Crippen LogP contribution in [0.2, 0.25) is 0 Å². The Labute approximate surface area is 116 Å². The van der Waals surface area contributed by atoms with Crippen LogP contribution in [0, 0.1) is 0 Å². The maximum atomic E-state index is 9.35. The van der Waals surface area contributed by atoms with Crippen molar-refractivity contribution in [3.8, 4) is 0 Å². The van der Waals surface area contributed by atoms with Gasteiger partial charge in [-0.25, -0.2) is 9.97 Å². The number of nitrogens with zero attached hydrogens (tertiary/aromatic N) is 2. The molecule has 1 unspecified atom stereocenters. The van der Waals surface area contributed by atoms with Crippen LogP contribution < -0.4 is 10.6 Å². The summed E-state index contributed by atoms with van der Waals surface area (Å²) >= 11 is 1.45. The molecule has 6 heteroatoms. The van der Waals surface area contributed by atoms with Crippen LogP contribution in [-0.2, 0) is 0 Å². The summed E-state index contributed by atoms with van der Waals surface area (Å²) in [7, 11) is 0. The lowest BCUT2D eigenvalue weighted by molar-refractivity contribution is 0.224. The highest BCUT2D eigenvalue weighted by molar-refractivity contribution is 7.98. The molecule has 0 fully saturated rings. The molecule has 2 aromatic rings. The number of nitrogens with one attached hydrogen (secondary N) is 2. The molecule has 0 bridgehead atoms. The van der Waals surface area contributed by atoms with Crippen LogP contribution in [0.15, 0.2) is 41.6 Å². The summed E-state index contributed by atoms with van der Waals surface area (Å²) in [5, 5.41) is 16.1. The lowest BCUT2D eigenvalue weighted by Crippen LogP contribution is -2.15. The molecule has 0 radical (unpaired) electrons. The van der Waals surface area contributed by atoms with Gasteiger partial charge in [0.15, 0.2) is 5.16 Å². The van der Waals surface area contributed by atoms with Gasteiger partial charge >= 0.3 is 0 Å². The highest BCUT2D eigenvalue weighted by Gasteiger charge is 2.05. The number of hydrogen-bond donors (Lipinski definition) is 3. The van der Waals surface area contributed by atoms with E-state index in [-0.39, 0.29) is 0 Å². The van der Waals surface area contributed by atoms with Crippen LogP contribution in [0.5, 0.6) is 0 Å². The molecule has 0 saturated carbocycles. The lowest BCUT2D eigenvalue weighted by atomic mass is 10.3. The quantitative estimate of drug-likeness (QED) is 0.443. The van der Waals surface area contributed by atoms with Gasteiger partial charge in [0.1, 0.15) is 17.9 Å². The topological polar surface area (TPSA) is 70.1 Å². The second-order valence-corrected chi connectivity index (χ2v) is 4.71. The van der Waals surface area contributed by atoms with E-state index in [9.17, 15) is 5.11 Å². The molecule has 0 aliphatic heterocycles. The van der Waals surface area contributed by atoms with Crippen LogP contribution in [0.3, 0.4) is 0 Å². The first-order valence-corrected chi connectivity index (χ1v) is 7.09. The molecular weight excluding hydrogens is 260 g/mol. The second-order valence-electron chi connectivity index (χ2n) is 3.94. The Bertz CT molecular complexity index is 533. The Morgan fingerprint density at radius 2 is 1.84 bits per heavy atom. The van der Waals surface area contributed by atoms with E-state index in [2.05, 4.69) is 20.6 Å². The van der Waals surface area contributed by atoms with Crippen molar-refractivity contribution in [1.82, 2.24) is 9.97 Å². The van der Waals surface area contributed by atoms with Gasteiger partial charge in [-0.05, 0) is 25.3 Å². The Hall–Kier alpha value is -1.79. The molecule has 0 aliphatic rings. The first kappa shape index (κ1) is 13.6. The molecule has 5 nitrogen and oxygen atoms in total. The zero-order chi connectivity index (χ0) is 13.7. The van der Waals surface area contributed by atoms with Gasteiger partial charge in [0.25, 0.3) is 0 Å². The van der Waals surface area contributed by atoms with E-state index in [1.54, 1.807) is 13.0 Å². The number of anilines is 3. The summed E-state index contributed by atoms with van der Waals surface area (Å²) in [6.07, 6.45) is 1.25. The van der Waals surface area contributed by atoms with Gasteiger partial charge < -0.3 is 15.7 Å². The van der Waals surface area contributed by atoms with Crippen molar-refractivity contribution in [2.24, 2.45) is 0 Å². The van der Waals surface area contributed by atoms with Gasteiger partial charge in [0.05, 0.1) is 0 Å². The van der Waals surface area contributed by atoms with Crippen LogP contribution in [0.25, 0.3) is 0 Å². The minimum atomic E-state index is -0.658. The average molecular weight is 276 g/mol. The van der Waals surface area contributed by atoms with Gasteiger partial charge in [0, 0.05) is 11.8 Å². The fourth-order valence-corrected chi connectivity index (χ4v) is 1.92. The highest BCUT2D eigenvalue weighted by atomic mass is 32.2. The van der Waals surface area contributed by atoms with Crippen molar-refractivity contribution in [1.29, 1.82) is 0 Å². The average Bonchev–Trinajstić information content (AvgIpc) is 2.38. The van der Waals surface area contributed by atoms with E-state index >= 15 is 0 Å². The number of thioether (sulfide) groups is 1. The molecular formula is C13H16N4OS. The predicted octanol–water partition coefficient (Wildman–Crippen LogP) is 2.69. The monoisotopic (exact) mass is 276 g/mol. The molecule has 1 atom stereocenters. The molecule has 1 aromatic heterocycles. The van der Waals surface area contributed by atoms with E-state index in [1.807, 2.05) is 36.6 Å². The standard InChI is InChI=1S/C13H16N4OS/c1-9(18)14-11-8-12(17-13(16-11)19-2)15-10-6-4-3-5-7-10/h3-9,18H,1-2H3,(H2,14,15,16,17). The molecule has 0 aliphatic carbocycles. The Morgan fingerprint density at radius 1 is 1.16 bits per heavy atom. The summed E-state index contributed by atoms with van der Waals surface area (Å²) < 4.78 is 0. The fraction of sp³-hybridized carbons (Fsp3) is 0.231. The highest BCUT2D eigenvalue weighted by Crippen LogP contribution is 2.20. The first-order valence-electron chi connectivity index (χ1n) is 5.87. The maximum Gasteiger partial charge on any atom is 0.191 e. The third kappa shape index (κ3) is 4.11. The van der Waals surface area contributed by atoms with Crippen LogP contribution in [-0.4, -0.2) is 27.6 Å². The van der Waals surface area contributed by atoms with Crippen molar-refractivity contribution in [3.63, 3.8) is 0 Å². The minimum Gasteiger partial charge on any atom is -0.374 e. The molecule has 1 aromatic carbocycles. The number of aliphatic hydroxyl groups is 1. The van der Waals surface area contributed by atoms with Crippen LogP contribution in [0.1, 0.15) is 6.92 Å². The summed E-state index contributed by atoms with van der Waals surface area (Å²) in [4.78, 5) is 8.65. The van der Waals surface area contributed by atoms with Crippen molar-refractivity contribution >= 4 is 29.1 Å². The van der Waals surface area contributed by atoms with E-state index in [4.69, 9.17) is 0 Å².